The van der Waals surface area contributed by atoms with E-state index < -0.39 is 15.1 Å². The number of hydrogen-bond acceptors (Lipinski definition) is 3. The predicted molar refractivity (Wildman–Crippen MR) is 74.2 cm³/mol. The zero-order valence-corrected chi connectivity index (χ0v) is 11.3. The second-order valence-corrected chi connectivity index (χ2v) is 6.92. The highest BCUT2D eigenvalue weighted by atomic mass is 32.2. The summed E-state index contributed by atoms with van der Waals surface area (Å²) >= 11 is 0. The first-order chi connectivity index (χ1) is 8.43. The van der Waals surface area contributed by atoms with Gasteiger partial charge in [-0.05, 0) is 36.8 Å². The number of benzene rings is 2. The average Bonchev–Trinajstić information content (AvgIpc) is 2.37. The summed E-state index contributed by atoms with van der Waals surface area (Å²) in [7, 11) is -3.35. The van der Waals surface area contributed by atoms with Crippen LogP contribution in [0.2, 0.25) is 0 Å². The van der Waals surface area contributed by atoms with E-state index in [1.807, 2.05) is 30.3 Å². The van der Waals surface area contributed by atoms with Gasteiger partial charge in [-0.2, -0.15) is 0 Å². The molecule has 0 aliphatic carbocycles. The van der Waals surface area contributed by atoms with E-state index in [4.69, 9.17) is 5.73 Å². The van der Waals surface area contributed by atoms with Crippen molar-refractivity contribution in [2.24, 2.45) is 5.73 Å². The molecular weight excluding hydrogens is 246 g/mol. The van der Waals surface area contributed by atoms with E-state index in [2.05, 4.69) is 0 Å². The van der Waals surface area contributed by atoms with Crippen molar-refractivity contribution in [3.8, 4) is 0 Å². The van der Waals surface area contributed by atoms with Crippen LogP contribution in [0.25, 0.3) is 10.8 Å². The van der Waals surface area contributed by atoms with E-state index in [1.54, 1.807) is 26.0 Å². The molecule has 2 aromatic carbocycles. The molecular formula is C14H17NO2S. The van der Waals surface area contributed by atoms with Gasteiger partial charge in [0.25, 0.3) is 0 Å². The Labute approximate surface area is 108 Å². The minimum Gasteiger partial charge on any atom is -0.327 e. The van der Waals surface area contributed by atoms with E-state index in [9.17, 15) is 8.42 Å². The third-order valence-electron chi connectivity index (χ3n) is 3.28. The molecule has 0 radical (unpaired) electrons. The van der Waals surface area contributed by atoms with Crippen molar-refractivity contribution in [2.45, 2.75) is 30.0 Å². The first-order valence-electron chi connectivity index (χ1n) is 5.91. The second kappa shape index (κ2) is 4.71. The first kappa shape index (κ1) is 13.1. The molecule has 0 saturated heterocycles. The molecule has 96 valence electrons. The zero-order valence-electron chi connectivity index (χ0n) is 10.5. The van der Waals surface area contributed by atoms with Crippen molar-refractivity contribution < 1.29 is 8.42 Å². The molecule has 2 unspecified atom stereocenters. The molecule has 18 heavy (non-hydrogen) atoms. The second-order valence-electron chi connectivity index (χ2n) is 4.62. The standard InChI is InChI=1S/C14H17NO2S/c1-10(15)11(2)18(16,17)14-8-7-12-5-3-4-6-13(12)9-14/h3-11H,15H2,1-2H3. The molecule has 4 heteroatoms. The van der Waals surface area contributed by atoms with Crippen LogP contribution >= 0.6 is 0 Å². The zero-order chi connectivity index (χ0) is 13.3. The number of sulfone groups is 1. The lowest BCUT2D eigenvalue weighted by Gasteiger charge is -2.16. The molecule has 0 spiro atoms. The van der Waals surface area contributed by atoms with Crippen LogP contribution < -0.4 is 5.73 Å². The third kappa shape index (κ3) is 2.26. The smallest absolute Gasteiger partial charge is 0.182 e. The Morgan fingerprint density at radius 1 is 1.00 bits per heavy atom. The molecule has 0 aliphatic heterocycles. The van der Waals surface area contributed by atoms with E-state index in [1.165, 1.54) is 0 Å². The van der Waals surface area contributed by atoms with Gasteiger partial charge in [0.05, 0.1) is 10.1 Å². The summed E-state index contributed by atoms with van der Waals surface area (Å²) in [6.07, 6.45) is 0. The minimum absolute atomic E-state index is 0.339. The lowest BCUT2D eigenvalue weighted by Crippen LogP contribution is -2.35. The monoisotopic (exact) mass is 263 g/mol. The number of rotatable bonds is 3. The van der Waals surface area contributed by atoms with Crippen molar-refractivity contribution in [1.29, 1.82) is 0 Å². The average molecular weight is 263 g/mol. The number of nitrogens with two attached hydrogens (primary N) is 1. The van der Waals surface area contributed by atoms with Gasteiger partial charge in [-0.25, -0.2) is 8.42 Å². The fourth-order valence-electron chi connectivity index (χ4n) is 1.84. The van der Waals surface area contributed by atoms with Crippen LogP contribution in [0.5, 0.6) is 0 Å². The Kier molecular flexibility index (Phi) is 3.41. The first-order valence-corrected chi connectivity index (χ1v) is 7.46. The van der Waals surface area contributed by atoms with Crippen LogP contribution in [0.1, 0.15) is 13.8 Å². The molecule has 0 saturated carbocycles. The van der Waals surface area contributed by atoms with Crippen LogP contribution in [0, 0.1) is 0 Å². The van der Waals surface area contributed by atoms with Gasteiger partial charge in [-0.15, -0.1) is 0 Å². The van der Waals surface area contributed by atoms with Crippen molar-refractivity contribution in [3.63, 3.8) is 0 Å². The van der Waals surface area contributed by atoms with Crippen LogP contribution in [0.15, 0.2) is 47.4 Å². The van der Waals surface area contributed by atoms with Crippen molar-refractivity contribution in [1.82, 2.24) is 0 Å². The summed E-state index contributed by atoms with van der Waals surface area (Å²) in [5.74, 6) is 0. The quantitative estimate of drug-likeness (QED) is 0.924. The lowest BCUT2D eigenvalue weighted by molar-refractivity contribution is 0.568. The summed E-state index contributed by atoms with van der Waals surface area (Å²) < 4.78 is 24.7. The Bertz CT molecular complexity index is 662. The van der Waals surface area contributed by atoms with Gasteiger partial charge in [-0.3, -0.25) is 0 Å². The summed E-state index contributed by atoms with van der Waals surface area (Å²) in [4.78, 5) is 0.339. The maximum absolute atomic E-state index is 12.3. The highest BCUT2D eigenvalue weighted by molar-refractivity contribution is 7.92. The van der Waals surface area contributed by atoms with Crippen LogP contribution in [0.3, 0.4) is 0 Å². The summed E-state index contributed by atoms with van der Waals surface area (Å²) in [6, 6.07) is 12.5. The Morgan fingerprint density at radius 2 is 1.61 bits per heavy atom. The summed E-state index contributed by atoms with van der Waals surface area (Å²) in [5.41, 5.74) is 5.69. The van der Waals surface area contributed by atoms with Crippen molar-refractivity contribution in [3.05, 3.63) is 42.5 Å². The van der Waals surface area contributed by atoms with Gasteiger partial charge in [-0.1, -0.05) is 30.3 Å². The molecule has 2 atom stereocenters. The maximum Gasteiger partial charge on any atom is 0.182 e. The molecule has 3 nitrogen and oxygen atoms in total. The molecule has 0 bridgehead atoms. The SMILES string of the molecule is CC(N)C(C)S(=O)(=O)c1ccc2ccccc2c1. The van der Waals surface area contributed by atoms with Crippen molar-refractivity contribution >= 4 is 20.6 Å². The summed E-state index contributed by atoms with van der Waals surface area (Å²) in [6.45, 7) is 3.36. The van der Waals surface area contributed by atoms with Crippen LogP contribution in [0.4, 0.5) is 0 Å². The molecule has 0 amide bonds. The van der Waals surface area contributed by atoms with Gasteiger partial charge in [0.2, 0.25) is 0 Å². The number of fused-ring (bicyclic) bond motifs is 1. The molecule has 0 fully saturated rings. The topological polar surface area (TPSA) is 60.2 Å². The molecule has 0 aliphatic rings. The fraction of sp³-hybridized carbons (Fsp3) is 0.286. The highest BCUT2D eigenvalue weighted by Gasteiger charge is 2.26. The normalized spacial score (nSPS) is 15.5. The van der Waals surface area contributed by atoms with E-state index in [0.717, 1.165) is 10.8 Å². The van der Waals surface area contributed by atoms with Gasteiger partial charge >= 0.3 is 0 Å². The largest absolute Gasteiger partial charge is 0.327 e. The molecule has 2 aromatic rings. The van der Waals surface area contributed by atoms with Gasteiger partial charge < -0.3 is 5.73 Å². The highest BCUT2D eigenvalue weighted by Crippen LogP contribution is 2.22. The van der Waals surface area contributed by atoms with E-state index in [0.29, 0.717) is 4.90 Å². The lowest BCUT2D eigenvalue weighted by atomic mass is 10.1. The fourth-order valence-corrected chi connectivity index (χ4v) is 3.39. The summed E-state index contributed by atoms with van der Waals surface area (Å²) in [5, 5.41) is 1.37. The third-order valence-corrected chi connectivity index (χ3v) is 5.60. The van der Waals surface area contributed by atoms with Crippen LogP contribution in [-0.2, 0) is 9.84 Å². The molecule has 2 rings (SSSR count). The Morgan fingerprint density at radius 3 is 2.22 bits per heavy atom. The van der Waals surface area contributed by atoms with Gasteiger partial charge in [0.15, 0.2) is 9.84 Å². The molecule has 0 aromatic heterocycles. The minimum atomic E-state index is -3.35. The van der Waals surface area contributed by atoms with Gasteiger partial charge in [0.1, 0.15) is 0 Å². The van der Waals surface area contributed by atoms with Crippen molar-refractivity contribution in [2.75, 3.05) is 0 Å². The maximum atomic E-state index is 12.3. The molecule has 2 N–H and O–H groups in total. The number of hydrogen-bond donors (Lipinski definition) is 1. The molecule has 0 heterocycles. The van der Waals surface area contributed by atoms with E-state index in [-0.39, 0.29) is 6.04 Å². The Balaban J connectivity index is 2.55. The Hall–Kier alpha value is -1.39. The van der Waals surface area contributed by atoms with Crippen LogP contribution in [-0.4, -0.2) is 19.7 Å². The predicted octanol–water partition coefficient (Wildman–Crippen LogP) is 2.35. The van der Waals surface area contributed by atoms with E-state index >= 15 is 0 Å². The van der Waals surface area contributed by atoms with Gasteiger partial charge in [0, 0.05) is 6.04 Å².